The Balaban J connectivity index is 0.00000200. The molecule has 0 aromatic rings. The summed E-state index contributed by atoms with van der Waals surface area (Å²) in [6.07, 6.45) is 8.41. The van der Waals surface area contributed by atoms with E-state index in [0.717, 1.165) is 31.8 Å². The van der Waals surface area contributed by atoms with Crippen LogP contribution in [0.3, 0.4) is 0 Å². The Bertz CT molecular complexity index is 326. The minimum absolute atomic E-state index is 0. The van der Waals surface area contributed by atoms with Crippen molar-refractivity contribution < 1.29 is 9.53 Å². The number of hydrogen-bond donors (Lipinski definition) is 2. The van der Waals surface area contributed by atoms with Gasteiger partial charge in [0.1, 0.15) is 6.10 Å². The first kappa shape index (κ1) is 17.5. The maximum Gasteiger partial charge on any atom is 0.306 e. The van der Waals surface area contributed by atoms with E-state index in [9.17, 15) is 4.79 Å². The second-order valence-electron chi connectivity index (χ2n) is 5.42. The molecule has 0 radical (unpaired) electrons. The first-order valence-electron chi connectivity index (χ1n) is 7.44. The Labute approximate surface area is 138 Å². The van der Waals surface area contributed by atoms with Gasteiger partial charge in [-0.3, -0.25) is 9.79 Å². The third-order valence-corrected chi connectivity index (χ3v) is 3.59. The van der Waals surface area contributed by atoms with E-state index in [4.69, 9.17) is 4.74 Å². The minimum atomic E-state index is -0.0566. The number of hydrogen-bond acceptors (Lipinski definition) is 3. The molecule has 5 nitrogen and oxygen atoms in total. The molecule has 0 aromatic carbocycles. The molecule has 0 heterocycles. The van der Waals surface area contributed by atoms with Gasteiger partial charge in [-0.15, -0.1) is 24.0 Å². The number of halogens is 1. The Morgan fingerprint density at radius 2 is 1.95 bits per heavy atom. The van der Waals surface area contributed by atoms with Gasteiger partial charge < -0.3 is 15.4 Å². The highest BCUT2D eigenvalue weighted by atomic mass is 127. The van der Waals surface area contributed by atoms with Crippen LogP contribution in [-0.2, 0) is 9.53 Å². The highest BCUT2D eigenvalue weighted by Crippen LogP contribution is 2.21. The van der Waals surface area contributed by atoms with E-state index in [1.54, 1.807) is 7.05 Å². The van der Waals surface area contributed by atoms with Crippen molar-refractivity contribution in [3.63, 3.8) is 0 Å². The summed E-state index contributed by atoms with van der Waals surface area (Å²) in [5.74, 6) is 0.783. The molecule has 2 saturated carbocycles. The fraction of sp³-hybridized carbons (Fsp3) is 0.857. The summed E-state index contributed by atoms with van der Waals surface area (Å²) in [6.45, 7) is 0.756. The predicted octanol–water partition coefficient (Wildman–Crippen LogP) is 2.20. The van der Waals surface area contributed by atoms with E-state index >= 15 is 0 Å². The van der Waals surface area contributed by atoms with Crippen LogP contribution in [-0.4, -0.2) is 37.7 Å². The molecular formula is C14H26IN3O2. The molecule has 2 aliphatic carbocycles. The molecule has 0 aliphatic heterocycles. The first-order chi connectivity index (χ1) is 9.28. The zero-order chi connectivity index (χ0) is 13.5. The Morgan fingerprint density at radius 3 is 2.55 bits per heavy atom. The molecule has 0 spiro atoms. The van der Waals surface area contributed by atoms with Crippen molar-refractivity contribution in [2.24, 2.45) is 4.99 Å². The zero-order valence-electron chi connectivity index (χ0n) is 12.2. The lowest BCUT2D eigenvalue weighted by Crippen LogP contribution is -2.39. The van der Waals surface area contributed by atoms with Crippen molar-refractivity contribution in [1.82, 2.24) is 10.6 Å². The zero-order valence-corrected chi connectivity index (χ0v) is 14.5. The molecule has 116 valence electrons. The summed E-state index contributed by atoms with van der Waals surface area (Å²) in [6, 6.07) is 0.596. The van der Waals surface area contributed by atoms with Gasteiger partial charge in [0.05, 0.1) is 0 Å². The number of esters is 1. The highest BCUT2D eigenvalue weighted by Gasteiger charge is 2.22. The SMILES string of the molecule is CN=C(NCCCC(=O)OC1CCCC1)NC1CC1.I. The lowest BCUT2D eigenvalue weighted by atomic mass is 10.3. The Kier molecular flexibility index (Phi) is 8.25. The summed E-state index contributed by atoms with van der Waals surface area (Å²) >= 11 is 0. The molecule has 0 saturated heterocycles. The van der Waals surface area contributed by atoms with Crippen molar-refractivity contribution in [3.05, 3.63) is 0 Å². The maximum absolute atomic E-state index is 11.6. The van der Waals surface area contributed by atoms with Crippen molar-refractivity contribution in [2.75, 3.05) is 13.6 Å². The second-order valence-corrected chi connectivity index (χ2v) is 5.42. The molecule has 2 aliphatic rings. The molecule has 0 atom stereocenters. The molecular weight excluding hydrogens is 369 g/mol. The summed E-state index contributed by atoms with van der Waals surface area (Å²) in [7, 11) is 1.77. The summed E-state index contributed by atoms with van der Waals surface area (Å²) < 4.78 is 5.41. The van der Waals surface area contributed by atoms with Gasteiger partial charge in [-0.25, -0.2) is 0 Å². The third kappa shape index (κ3) is 6.76. The second kappa shape index (κ2) is 9.41. The van der Waals surface area contributed by atoms with Gasteiger partial charge in [0.15, 0.2) is 5.96 Å². The molecule has 0 unspecified atom stereocenters. The Hall–Kier alpha value is -0.530. The standard InChI is InChI=1S/C14H25N3O2.HI/c1-15-14(17-11-8-9-11)16-10-4-7-13(18)19-12-5-2-3-6-12;/h11-12H,2-10H2,1H3,(H2,15,16,17);1H. The van der Waals surface area contributed by atoms with Crippen LogP contribution in [0.1, 0.15) is 51.4 Å². The van der Waals surface area contributed by atoms with Crippen molar-refractivity contribution in [1.29, 1.82) is 0 Å². The molecule has 0 amide bonds. The molecule has 0 aromatic heterocycles. The topological polar surface area (TPSA) is 62.7 Å². The first-order valence-corrected chi connectivity index (χ1v) is 7.44. The smallest absolute Gasteiger partial charge is 0.306 e. The molecule has 6 heteroatoms. The average molecular weight is 395 g/mol. The number of carbonyl (C=O) groups is 1. The van der Waals surface area contributed by atoms with Crippen molar-refractivity contribution in [2.45, 2.75) is 63.5 Å². The fourth-order valence-electron chi connectivity index (χ4n) is 2.31. The number of carbonyl (C=O) groups excluding carboxylic acids is 1. The number of aliphatic imine (C=N–C) groups is 1. The maximum atomic E-state index is 11.6. The summed E-state index contributed by atoms with van der Waals surface area (Å²) in [5, 5.41) is 6.53. The lowest BCUT2D eigenvalue weighted by Gasteiger charge is -2.12. The quantitative estimate of drug-likeness (QED) is 0.238. The predicted molar refractivity (Wildman–Crippen MR) is 90.5 cm³/mol. The van der Waals surface area contributed by atoms with Gasteiger partial charge in [0.25, 0.3) is 0 Å². The largest absolute Gasteiger partial charge is 0.462 e. The minimum Gasteiger partial charge on any atom is -0.462 e. The summed E-state index contributed by atoms with van der Waals surface area (Å²) in [4.78, 5) is 15.8. The number of ether oxygens (including phenoxy) is 1. The van der Waals surface area contributed by atoms with Crippen LogP contribution >= 0.6 is 24.0 Å². The number of nitrogens with zero attached hydrogens (tertiary/aromatic N) is 1. The normalized spacial score (nSPS) is 19.4. The van der Waals surface area contributed by atoms with E-state index < -0.39 is 0 Å². The van der Waals surface area contributed by atoms with Crippen LogP contribution in [0.5, 0.6) is 0 Å². The average Bonchev–Trinajstić information content (AvgIpc) is 3.08. The van der Waals surface area contributed by atoms with Crippen molar-refractivity contribution in [3.8, 4) is 0 Å². The molecule has 2 fully saturated rings. The third-order valence-electron chi connectivity index (χ3n) is 3.59. The molecule has 0 bridgehead atoms. The number of guanidine groups is 1. The highest BCUT2D eigenvalue weighted by molar-refractivity contribution is 14.0. The van der Waals surface area contributed by atoms with Crippen LogP contribution in [0, 0.1) is 0 Å². The number of rotatable bonds is 6. The fourth-order valence-corrected chi connectivity index (χ4v) is 2.31. The van der Waals surface area contributed by atoms with Crippen LogP contribution < -0.4 is 10.6 Å². The van der Waals surface area contributed by atoms with Gasteiger partial charge in [-0.1, -0.05) is 0 Å². The number of nitrogens with one attached hydrogen (secondary N) is 2. The summed E-state index contributed by atoms with van der Waals surface area (Å²) in [5.41, 5.74) is 0. The van der Waals surface area contributed by atoms with E-state index in [1.165, 1.54) is 25.7 Å². The van der Waals surface area contributed by atoms with Gasteiger partial charge in [-0.2, -0.15) is 0 Å². The molecule has 2 N–H and O–H groups in total. The van der Waals surface area contributed by atoms with E-state index in [1.807, 2.05) is 0 Å². The van der Waals surface area contributed by atoms with Gasteiger partial charge in [0, 0.05) is 26.1 Å². The van der Waals surface area contributed by atoms with Crippen LogP contribution in [0.25, 0.3) is 0 Å². The molecule has 2 rings (SSSR count). The Morgan fingerprint density at radius 1 is 1.25 bits per heavy atom. The van der Waals surface area contributed by atoms with Gasteiger partial charge in [-0.05, 0) is 44.9 Å². The van der Waals surface area contributed by atoms with Crippen LogP contribution in [0.15, 0.2) is 4.99 Å². The van der Waals surface area contributed by atoms with Gasteiger partial charge >= 0.3 is 5.97 Å². The van der Waals surface area contributed by atoms with E-state index in [0.29, 0.717) is 12.5 Å². The molecule has 20 heavy (non-hydrogen) atoms. The lowest BCUT2D eigenvalue weighted by molar-refractivity contribution is -0.148. The van der Waals surface area contributed by atoms with E-state index in [2.05, 4.69) is 15.6 Å². The van der Waals surface area contributed by atoms with Gasteiger partial charge in [0.2, 0.25) is 0 Å². The van der Waals surface area contributed by atoms with Crippen LogP contribution in [0.4, 0.5) is 0 Å². The van der Waals surface area contributed by atoms with E-state index in [-0.39, 0.29) is 36.0 Å². The monoisotopic (exact) mass is 395 g/mol. The van der Waals surface area contributed by atoms with Crippen LogP contribution in [0.2, 0.25) is 0 Å². The van der Waals surface area contributed by atoms with Crippen molar-refractivity contribution >= 4 is 35.9 Å².